The number of hydrogen-bond donors (Lipinski definition) is 1. The van der Waals surface area contributed by atoms with Crippen LogP contribution in [0.2, 0.25) is 0 Å². The fraction of sp³-hybridized carbons (Fsp3) is 0.0500. The van der Waals surface area contributed by atoms with Crippen LogP contribution < -0.4 is 4.74 Å². The Morgan fingerprint density at radius 3 is 2.70 bits per heavy atom. The van der Waals surface area contributed by atoms with Gasteiger partial charge in [0.25, 0.3) is 5.91 Å². The lowest BCUT2D eigenvalue weighted by atomic mass is 10.2. The minimum absolute atomic E-state index is 0.0389. The van der Waals surface area contributed by atoms with Crippen LogP contribution >= 0.6 is 24.0 Å². The Kier molecular flexibility index (Phi) is 6.05. The van der Waals surface area contributed by atoms with Gasteiger partial charge in [0.1, 0.15) is 0 Å². The molecular weight excluding hydrogens is 380 g/mol. The van der Waals surface area contributed by atoms with Crippen molar-refractivity contribution in [2.75, 3.05) is 7.11 Å². The second kappa shape index (κ2) is 8.66. The molecule has 1 N–H and O–H groups in total. The summed E-state index contributed by atoms with van der Waals surface area (Å²) in [5.41, 5.74) is 1.76. The first kappa shape index (κ1) is 18.9. The third-order valence-corrected chi connectivity index (χ3v) is 4.91. The summed E-state index contributed by atoms with van der Waals surface area (Å²) in [6, 6.07) is 14.6. The molecule has 0 bridgehead atoms. The van der Waals surface area contributed by atoms with Gasteiger partial charge in [-0.15, -0.1) is 0 Å². The maximum absolute atomic E-state index is 12.5. The van der Waals surface area contributed by atoms with Gasteiger partial charge in [-0.1, -0.05) is 54.2 Å². The van der Waals surface area contributed by atoms with Crippen molar-refractivity contribution in [3.63, 3.8) is 0 Å². The number of hydrogen-bond acceptors (Lipinski definition) is 6. The molecule has 0 saturated carbocycles. The van der Waals surface area contributed by atoms with Crippen LogP contribution in [0.5, 0.6) is 11.5 Å². The molecule has 0 atom stereocenters. The van der Waals surface area contributed by atoms with Gasteiger partial charge in [-0.2, -0.15) is 10.1 Å². The quantitative estimate of drug-likeness (QED) is 0.464. The number of carbonyl (C=O) groups is 1. The number of rotatable bonds is 5. The highest BCUT2D eigenvalue weighted by molar-refractivity contribution is 8.26. The molecule has 0 aliphatic carbocycles. The van der Waals surface area contributed by atoms with E-state index in [1.807, 2.05) is 36.4 Å². The van der Waals surface area contributed by atoms with Crippen LogP contribution in [0.3, 0.4) is 0 Å². The molecule has 0 aromatic heterocycles. The number of thioether (sulfide) groups is 1. The Bertz CT molecular complexity index is 953. The van der Waals surface area contributed by atoms with Crippen LogP contribution in [-0.2, 0) is 4.79 Å². The SMILES string of the molecule is COc1cc(/C=C2/SC(=S)N(/N=C/C=C\c3ccccc3)C2=O)ccc1O. The van der Waals surface area contributed by atoms with Gasteiger partial charge in [0, 0.05) is 6.21 Å². The molecule has 7 heteroatoms. The Morgan fingerprint density at radius 1 is 1.19 bits per heavy atom. The zero-order valence-corrected chi connectivity index (χ0v) is 16.0. The molecule has 0 spiro atoms. The Balaban J connectivity index is 1.73. The van der Waals surface area contributed by atoms with Crippen LogP contribution in [-0.4, -0.2) is 33.7 Å². The van der Waals surface area contributed by atoms with Crippen LogP contribution in [0.4, 0.5) is 0 Å². The highest BCUT2D eigenvalue weighted by Crippen LogP contribution is 2.34. The van der Waals surface area contributed by atoms with Crippen molar-refractivity contribution in [2.24, 2.45) is 5.10 Å². The summed E-state index contributed by atoms with van der Waals surface area (Å²) in [5.74, 6) is 0.0849. The van der Waals surface area contributed by atoms with Gasteiger partial charge < -0.3 is 9.84 Å². The van der Waals surface area contributed by atoms with Gasteiger partial charge in [-0.3, -0.25) is 4.79 Å². The van der Waals surface area contributed by atoms with Crippen molar-refractivity contribution in [1.29, 1.82) is 0 Å². The molecule has 0 unspecified atom stereocenters. The van der Waals surface area contributed by atoms with Gasteiger partial charge in [0.2, 0.25) is 0 Å². The number of benzene rings is 2. The predicted molar refractivity (Wildman–Crippen MR) is 114 cm³/mol. The summed E-state index contributed by atoms with van der Waals surface area (Å²) in [4.78, 5) is 13.0. The average Bonchev–Trinajstić information content (AvgIpc) is 2.94. The number of nitrogens with zero attached hydrogens (tertiary/aromatic N) is 2. The van der Waals surface area contributed by atoms with Gasteiger partial charge in [0.15, 0.2) is 15.8 Å². The van der Waals surface area contributed by atoms with Gasteiger partial charge >= 0.3 is 0 Å². The molecule has 1 heterocycles. The molecule has 1 aliphatic heterocycles. The fourth-order valence-electron chi connectivity index (χ4n) is 2.32. The largest absolute Gasteiger partial charge is 0.504 e. The van der Waals surface area contributed by atoms with E-state index in [-0.39, 0.29) is 11.7 Å². The molecule has 1 saturated heterocycles. The number of thiocarbonyl (C=S) groups is 1. The Labute approximate surface area is 166 Å². The van der Waals surface area contributed by atoms with Gasteiger partial charge in [-0.05, 0) is 47.6 Å². The lowest BCUT2D eigenvalue weighted by Gasteiger charge is -2.05. The first-order chi connectivity index (χ1) is 13.1. The number of aromatic hydroxyl groups is 1. The zero-order chi connectivity index (χ0) is 19.2. The Morgan fingerprint density at radius 2 is 1.96 bits per heavy atom. The minimum atomic E-state index is -0.290. The van der Waals surface area contributed by atoms with Crippen molar-refractivity contribution in [2.45, 2.75) is 0 Å². The normalized spacial score (nSPS) is 16.2. The van der Waals surface area contributed by atoms with Crippen LogP contribution in [0.1, 0.15) is 11.1 Å². The maximum Gasteiger partial charge on any atom is 0.286 e. The van der Waals surface area contributed by atoms with Crippen LogP contribution in [0.15, 0.2) is 64.6 Å². The first-order valence-corrected chi connectivity index (χ1v) is 9.21. The smallest absolute Gasteiger partial charge is 0.286 e. The zero-order valence-electron chi connectivity index (χ0n) is 14.4. The van der Waals surface area contributed by atoms with E-state index in [2.05, 4.69) is 5.10 Å². The standard InChI is InChI=1S/C20H16N2O3S2/c1-25-17-12-15(9-10-16(17)23)13-18-19(24)22(20(26)27-18)21-11-5-8-14-6-3-2-4-7-14/h2-13,23H,1H3/b8-5-,18-13+,21-11+. The lowest BCUT2D eigenvalue weighted by Crippen LogP contribution is -2.21. The summed E-state index contributed by atoms with van der Waals surface area (Å²) in [6.45, 7) is 0. The maximum atomic E-state index is 12.5. The van der Waals surface area contributed by atoms with E-state index in [9.17, 15) is 9.90 Å². The number of ether oxygens (including phenoxy) is 1. The number of allylic oxidation sites excluding steroid dienone is 1. The van der Waals surface area contributed by atoms with E-state index in [1.54, 1.807) is 24.3 Å². The van der Waals surface area contributed by atoms with Crippen LogP contribution in [0, 0.1) is 0 Å². The fourth-order valence-corrected chi connectivity index (χ4v) is 3.49. The topological polar surface area (TPSA) is 62.1 Å². The van der Waals surface area contributed by atoms with E-state index >= 15 is 0 Å². The second-order valence-electron chi connectivity index (χ2n) is 5.46. The number of amides is 1. The highest BCUT2D eigenvalue weighted by atomic mass is 32.2. The molecule has 2 aromatic carbocycles. The average molecular weight is 396 g/mol. The van der Waals surface area contributed by atoms with E-state index in [1.165, 1.54) is 36.2 Å². The van der Waals surface area contributed by atoms with Crippen molar-refractivity contribution >= 4 is 52.6 Å². The van der Waals surface area contributed by atoms with Crippen LogP contribution in [0.25, 0.3) is 12.2 Å². The van der Waals surface area contributed by atoms with Crippen molar-refractivity contribution in [3.8, 4) is 11.5 Å². The number of hydrazone groups is 1. The highest BCUT2D eigenvalue weighted by Gasteiger charge is 2.31. The molecular formula is C20H16N2O3S2. The molecule has 3 rings (SSSR count). The molecule has 0 radical (unpaired) electrons. The van der Waals surface area contributed by atoms with E-state index in [4.69, 9.17) is 17.0 Å². The molecule has 136 valence electrons. The minimum Gasteiger partial charge on any atom is -0.504 e. The summed E-state index contributed by atoms with van der Waals surface area (Å²) in [7, 11) is 1.47. The molecule has 1 aliphatic rings. The number of phenols is 1. The van der Waals surface area contributed by atoms with Crippen molar-refractivity contribution in [3.05, 3.63) is 70.6 Å². The Hall–Kier alpha value is -2.90. The number of methoxy groups -OCH3 is 1. The van der Waals surface area contributed by atoms with E-state index in [0.717, 1.165) is 11.1 Å². The molecule has 5 nitrogen and oxygen atoms in total. The molecule has 2 aromatic rings. The molecule has 27 heavy (non-hydrogen) atoms. The second-order valence-corrected chi connectivity index (χ2v) is 7.13. The summed E-state index contributed by atoms with van der Waals surface area (Å²) >= 11 is 6.42. The summed E-state index contributed by atoms with van der Waals surface area (Å²) in [5, 5.41) is 15.0. The van der Waals surface area contributed by atoms with E-state index < -0.39 is 0 Å². The third kappa shape index (κ3) is 4.64. The number of phenolic OH excluding ortho intramolecular Hbond substituents is 1. The monoisotopic (exact) mass is 396 g/mol. The lowest BCUT2D eigenvalue weighted by molar-refractivity contribution is -0.122. The van der Waals surface area contributed by atoms with Gasteiger partial charge in [-0.25, -0.2) is 0 Å². The predicted octanol–water partition coefficient (Wildman–Crippen LogP) is 4.30. The summed E-state index contributed by atoms with van der Waals surface area (Å²) in [6.07, 6.45) is 6.86. The van der Waals surface area contributed by atoms with Gasteiger partial charge in [0.05, 0.1) is 12.0 Å². The van der Waals surface area contributed by atoms with E-state index in [0.29, 0.717) is 15.0 Å². The molecule has 1 fully saturated rings. The van der Waals surface area contributed by atoms with Crippen molar-refractivity contribution < 1.29 is 14.6 Å². The van der Waals surface area contributed by atoms with Crippen molar-refractivity contribution in [1.82, 2.24) is 5.01 Å². The summed E-state index contributed by atoms with van der Waals surface area (Å²) < 4.78 is 5.45. The third-order valence-electron chi connectivity index (χ3n) is 3.63. The number of carbonyl (C=O) groups excluding carboxylic acids is 1. The first-order valence-electron chi connectivity index (χ1n) is 7.99. The molecule has 1 amide bonds.